The number of carbonyl (C=O) groups excluding carboxylic acids is 1. The van der Waals surface area contributed by atoms with Crippen molar-refractivity contribution in [1.82, 2.24) is 19.4 Å². The molecule has 0 radical (unpaired) electrons. The maximum atomic E-state index is 14.9. The van der Waals surface area contributed by atoms with Gasteiger partial charge in [0.05, 0.1) is 35.6 Å². The molecule has 0 aliphatic heterocycles. The van der Waals surface area contributed by atoms with Crippen molar-refractivity contribution >= 4 is 16.7 Å². The topological polar surface area (TPSA) is 68.9 Å². The Balaban J connectivity index is 1.63. The standard InChI is InChI=1S/C27H26F2N4O2/c1-16-23(26(34)31-25(17-6-3-7-17)18-8-4-9-19(28)12-18)21-10-5-11-22(29)24(21)27(35)33(16)14-20-13-30-15-32(20)2/h4-5,8-13,15,17,25H,3,6-7,14H2,1-2H3,(H,31,34)/t25-/m0/s1. The summed E-state index contributed by atoms with van der Waals surface area (Å²) in [6, 6.07) is 10.2. The molecule has 1 amide bonds. The van der Waals surface area contributed by atoms with Crippen molar-refractivity contribution in [2.24, 2.45) is 13.0 Å². The number of nitrogens with one attached hydrogen (secondary N) is 1. The molecule has 1 N–H and O–H groups in total. The molecular weight excluding hydrogens is 450 g/mol. The summed E-state index contributed by atoms with van der Waals surface area (Å²) in [5.74, 6) is -1.28. The highest BCUT2D eigenvalue weighted by atomic mass is 19.1. The minimum Gasteiger partial charge on any atom is -0.345 e. The van der Waals surface area contributed by atoms with Crippen LogP contribution in [-0.2, 0) is 13.6 Å². The second-order valence-corrected chi connectivity index (χ2v) is 9.21. The van der Waals surface area contributed by atoms with Gasteiger partial charge < -0.3 is 14.5 Å². The van der Waals surface area contributed by atoms with Crippen LogP contribution in [0.4, 0.5) is 8.78 Å². The molecule has 2 heterocycles. The lowest BCUT2D eigenvalue weighted by atomic mass is 9.77. The molecule has 1 aliphatic rings. The number of fused-ring (bicyclic) bond motifs is 1. The molecule has 0 saturated heterocycles. The SMILES string of the molecule is Cc1c(C(=O)N[C@H](c2cccc(F)c2)C2CCC2)c2cccc(F)c2c(=O)n1Cc1cncn1C. The van der Waals surface area contributed by atoms with E-state index in [1.807, 2.05) is 0 Å². The molecule has 8 heteroatoms. The van der Waals surface area contributed by atoms with Gasteiger partial charge in [-0.05, 0) is 49.4 Å². The number of amides is 1. The minimum absolute atomic E-state index is 0.128. The third kappa shape index (κ3) is 4.13. The molecular formula is C27H26F2N4O2. The quantitative estimate of drug-likeness (QED) is 0.441. The van der Waals surface area contributed by atoms with Gasteiger partial charge in [-0.2, -0.15) is 0 Å². The molecule has 5 rings (SSSR count). The van der Waals surface area contributed by atoms with Gasteiger partial charge in [0, 0.05) is 24.3 Å². The zero-order valence-corrected chi connectivity index (χ0v) is 19.6. The molecule has 0 bridgehead atoms. The van der Waals surface area contributed by atoms with E-state index in [9.17, 15) is 18.4 Å². The number of aromatic nitrogens is 3. The van der Waals surface area contributed by atoms with E-state index in [0.717, 1.165) is 25.0 Å². The van der Waals surface area contributed by atoms with Crippen molar-refractivity contribution in [2.45, 2.75) is 38.8 Å². The Labute approximate surface area is 201 Å². The van der Waals surface area contributed by atoms with Gasteiger partial charge in [0.2, 0.25) is 0 Å². The van der Waals surface area contributed by atoms with Crippen molar-refractivity contribution in [1.29, 1.82) is 0 Å². The fourth-order valence-electron chi connectivity index (χ4n) is 4.90. The Hall–Kier alpha value is -3.81. The summed E-state index contributed by atoms with van der Waals surface area (Å²) in [5, 5.41) is 3.22. The van der Waals surface area contributed by atoms with Gasteiger partial charge in [-0.3, -0.25) is 9.59 Å². The van der Waals surface area contributed by atoms with E-state index in [-0.39, 0.29) is 40.7 Å². The van der Waals surface area contributed by atoms with Crippen LogP contribution in [0.25, 0.3) is 10.8 Å². The highest BCUT2D eigenvalue weighted by Gasteiger charge is 2.32. The first-order valence-corrected chi connectivity index (χ1v) is 11.7. The Morgan fingerprint density at radius 1 is 1.20 bits per heavy atom. The molecule has 0 unspecified atom stereocenters. The number of hydrogen-bond acceptors (Lipinski definition) is 3. The van der Waals surface area contributed by atoms with Crippen LogP contribution in [0, 0.1) is 24.5 Å². The van der Waals surface area contributed by atoms with Crippen LogP contribution in [0.3, 0.4) is 0 Å². The van der Waals surface area contributed by atoms with Crippen LogP contribution >= 0.6 is 0 Å². The third-order valence-corrected chi connectivity index (χ3v) is 7.09. The number of halogens is 2. The molecule has 1 atom stereocenters. The smallest absolute Gasteiger partial charge is 0.262 e. The number of pyridine rings is 1. The van der Waals surface area contributed by atoms with Crippen LogP contribution < -0.4 is 10.9 Å². The average molecular weight is 477 g/mol. The number of imidazole rings is 1. The Kier molecular flexibility index (Phi) is 5.96. The second-order valence-electron chi connectivity index (χ2n) is 9.21. The maximum absolute atomic E-state index is 14.9. The van der Waals surface area contributed by atoms with Crippen molar-refractivity contribution in [3.8, 4) is 0 Å². The molecule has 1 saturated carbocycles. The van der Waals surface area contributed by atoms with Crippen LogP contribution in [0.1, 0.15) is 52.6 Å². The third-order valence-electron chi connectivity index (χ3n) is 7.09. The maximum Gasteiger partial charge on any atom is 0.262 e. The minimum atomic E-state index is -0.680. The highest BCUT2D eigenvalue weighted by Crippen LogP contribution is 2.38. The fourth-order valence-corrected chi connectivity index (χ4v) is 4.90. The number of aryl methyl sites for hydroxylation is 1. The van der Waals surface area contributed by atoms with Crippen LogP contribution in [-0.4, -0.2) is 20.0 Å². The summed E-state index contributed by atoms with van der Waals surface area (Å²) in [4.78, 5) is 31.2. The summed E-state index contributed by atoms with van der Waals surface area (Å²) in [6.07, 6.45) is 6.15. The van der Waals surface area contributed by atoms with E-state index in [1.54, 1.807) is 49.3 Å². The Morgan fingerprint density at radius 2 is 1.97 bits per heavy atom. The first-order valence-electron chi connectivity index (χ1n) is 11.7. The summed E-state index contributed by atoms with van der Waals surface area (Å²) < 4.78 is 32.1. The molecule has 1 aliphatic carbocycles. The first kappa shape index (κ1) is 23.0. The normalized spacial score (nSPS) is 14.6. The predicted octanol–water partition coefficient (Wildman–Crippen LogP) is 4.64. The number of benzene rings is 2. The summed E-state index contributed by atoms with van der Waals surface area (Å²) in [7, 11) is 1.81. The lowest BCUT2D eigenvalue weighted by Crippen LogP contribution is -2.38. The van der Waals surface area contributed by atoms with E-state index in [0.29, 0.717) is 11.3 Å². The van der Waals surface area contributed by atoms with Gasteiger partial charge in [0.25, 0.3) is 11.5 Å². The van der Waals surface area contributed by atoms with Gasteiger partial charge in [-0.15, -0.1) is 0 Å². The largest absolute Gasteiger partial charge is 0.345 e. The van der Waals surface area contributed by atoms with Crippen molar-refractivity contribution in [2.75, 3.05) is 0 Å². The van der Waals surface area contributed by atoms with E-state index >= 15 is 0 Å². The molecule has 4 aromatic rings. The summed E-state index contributed by atoms with van der Waals surface area (Å²) >= 11 is 0. The van der Waals surface area contributed by atoms with Gasteiger partial charge in [-0.1, -0.05) is 30.7 Å². The van der Waals surface area contributed by atoms with Gasteiger partial charge >= 0.3 is 0 Å². The van der Waals surface area contributed by atoms with E-state index < -0.39 is 17.3 Å². The monoisotopic (exact) mass is 476 g/mol. The zero-order chi connectivity index (χ0) is 24.7. The molecule has 0 spiro atoms. The Bertz CT molecular complexity index is 1490. The number of carbonyl (C=O) groups is 1. The summed E-state index contributed by atoms with van der Waals surface area (Å²) in [6.45, 7) is 1.83. The molecule has 2 aromatic heterocycles. The number of rotatable bonds is 6. The van der Waals surface area contributed by atoms with Crippen LogP contribution in [0.15, 0.2) is 59.8 Å². The van der Waals surface area contributed by atoms with Crippen molar-refractivity contribution in [3.05, 3.63) is 99.5 Å². The number of hydrogen-bond donors (Lipinski definition) is 1. The Morgan fingerprint density at radius 3 is 2.63 bits per heavy atom. The molecule has 35 heavy (non-hydrogen) atoms. The van der Waals surface area contributed by atoms with Gasteiger partial charge in [0.1, 0.15) is 11.6 Å². The summed E-state index contributed by atoms with van der Waals surface area (Å²) in [5.41, 5.74) is 1.60. The van der Waals surface area contributed by atoms with E-state index in [2.05, 4.69) is 10.3 Å². The average Bonchev–Trinajstić information content (AvgIpc) is 3.19. The molecule has 180 valence electrons. The highest BCUT2D eigenvalue weighted by molar-refractivity contribution is 6.08. The molecule has 2 aromatic carbocycles. The van der Waals surface area contributed by atoms with E-state index in [1.165, 1.54) is 28.8 Å². The van der Waals surface area contributed by atoms with Gasteiger partial charge in [-0.25, -0.2) is 13.8 Å². The van der Waals surface area contributed by atoms with Crippen molar-refractivity contribution in [3.63, 3.8) is 0 Å². The first-order chi connectivity index (χ1) is 16.8. The lowest BCUT2D eigenvalue weighted by molar-refractivity contribution is 0.0900. The fraction of sp³-hybridized carbons (Fsp3) is 0.296. The van der Waals surface area contributed by atoms with Crippen LogP contribution in [0.5, 0.6) is 0 Å². The lowest BCUT2D eigenvalue weighted by Gasteiger charge is -2.35. The molecule has 1 fully saturated rings. The second kappa shape index (κ2) is 9.09. The van der Waals surface area contributed by atoms with Crippen LogP contribution in [0.2, 0.25) is 0 Å². The molecule has 6 nitrogen and oxygen atoms in total. The number of nitrogens with zero attached hydrogens (tertiary/aromatic N) is 3. The zero-order valence-electron chi connectivity index (χ0n) is 19.6. The van der Waals surface area contributed by atoms with Gasteiger partial charge in [0.15, 0.2) is 0 Å². The predicted molar refractivity (Wildman–Crippen MR) is 129 cm³/mol. The van der Waals surface area contributed by atoms with Crippen molar-refractivity contribution < 1.29 is 13.6 Å². The van der Waals surface area contributed by atoms with E-state index in [4.69, 9.17) is 0 Å².